The van der Waals surface area contributed by atoms with Gasteiger partial charge in [0, 0.05) is 31.5 Å². The molecule has 0 saturated carbocycles. The third-order valence-electron chi connectivity index (χ3n) is 4.04. The summed E-state index contributed by atoms with van der Waals surface area (Å²) in [5.74, 6) is -0.507. The second-order valence-corrected chi connectivity index (χ2v) is 5.97. The van der Waals surface area contributed by atoms with Gasteiger partial charge in [0.15, 0.2) is 0 Å². The van der Waals surface area contributed by atoms with E-state index in [9.17, 15) is 18.0 Å². The molecule has 26 heavy (non-hydrogen) atoms. The van der Waals surface area contributed by atoms with Crippen LogP contribution in [0.1, 0.15) is 21.6 Å². The Labute approximate surface area is 148 Å². The van der Waals surface area contributed by atoms with E-state index < -0.39 is 17.8 Å². The van der Waals surface area contributed by atoms with Crippen LogP contribution >= 0.6 is 0 Å². The summed E-state index contributed by atoms with van der Waals surface area (Å²) in [5.41, 5.74) is 0.721. The number of alkyl halides is 3. The fourth-order valence-electron chi connectivity index (χ4n) is 2.61. The van der Waals surface area contributed by atoms with Crippen molar-refractivity contribution in [2.45, 2.75) is 12.7 Å². The van der Waals surface area contributed by atoms with Crippen LogP contribution in [0.15, 0.2) is 42.6 Å². The van der Waals surface area contributed by atoms with Crippen molar-refractivity contribution in [3.05, 3.63) is 59.4 Å². The molecule has 1 saturated heterocycles. The number of nitrogens with one attached hydrogen (secondary N) is 1. The number of rotatable bonds is 4. The molecule has 0 radical (unpaired) electrons. The Hall–Kier alpha value is -2.45. The molecule has 1 aliphatic heterocycles. The van der Waals surface area contributed by atoms with Gasteiger partial charge in [0.25, 0.3) is 5.91 Å². The van der Waals surface area contributed by atoms with Crippen LogP contribution in [0.25, 0.3) is 0 Å². The van der Waals surface area contributed by atoms with Crippen LogP contribution in [0.4, 0.5) is 18.9 Å². The molecule has 0 bridgehead atoms. The highest BCUT2D eigenvalue weighted by Gasteiger charge is 2.32. The minimum absolute atomic E-state index is 0.0652. The van der Waals surface area contributed by atoms with Crippen molar-refractivity contribution in [2.75, 3.05) is 31.6 Å². The van der Waals surface area contributed by atoms with E-state index in [1.807, 2.05) is 12.1 Å². The van der Waals surface area contributed by atoms with Gasteiger partial charge in [0.05, 0.1) is 18.8 Å². The molecule has 0 unspecified atom stereocenters. The first-order chi connectivity index (χ1) is 12.4. The summed E-state index contributed by atoms with van der Waals surface area (Å²) >= 11 is 0. The van der Waals surface area contributed by atoms with Crippen molar-refractivity contribution in [2.24, 2.45) is 0 Å². The number of amides is 1. The van der Waals surface area contributed by atoms with Gasteiger partial charge in [0.2, 0.25) is 0 Å². The van der Waals surface area contributed by atoms with Crippen molar-refractivity contribution in [3.63, 3.8) is 0 Å². The Morgan fingerprint density at radius 2 is 1.81 bits per heavy atom. The number of carbonyl (C=O) groups is 1. The summed E-state index contributed by atoms with van der Waals surface area (Å²) in [5, 5.41) is 2.65. The van der Waals surface area contributed by atoms with Gasteiger partial charge < -0.3 is 10.1 Å². The van der Waals surface area contributed by atoms with Gasteiger partial charge in [-0.05, 0) is 29.8 Å². The minimum Gasteiger partial charge on any atom is -0.379 e. The van der Waals surface area contributed by atoms with Crippen LogP contribution in [0.2, 0.25) is 0 Å². The molecule has 1 N–H and O–H groups in total. The maximum absolute atomic E-state index is 12.5. The first kappa shape index (κ1) is 18.3. The van der Waals surface area contributed by atoms with E-state index in [1.165, 1.54) is 0 Å². The predicted molar refractivity (Wildman–Crippen MR) is 89.7 cm³/mol. The lowest BCUT2D eigenvalue weighted by atomic mass is 10.1. The van der Waals surface area contributed by atoms with E-state index >= 15 is 0 Å². The molecular weight excluding hydrogens is 347 g/mol. The molecule has 5 nitrogen and oxygen atoms in total. The monoisotopic (exact) mass is 365 g/mol. The number of ether oxygens (including phenoxy) is 1. The number of pyridine rings is 1. The standard InChI is InChI=1S/C18H18F3N3O2/c19-18(20,21)16-6-3-14(11-22-16)17(25)23-15-4-1-13(2-5-15)12-24-7-9-26-10-8-24/h1-6,11H,7-10,12H2,(H,23,25). The second kappa shape index (κ2) is 7.84. The van der Waals surface area contributed by atoms with Crippen LogP contribution in [-0.2, 0) is 17.5 Å². The lowest BCUT2D eigenvalue weighted by Crippen LogP contribution is -2.35. The quantitative estimate of drug-likeness (QED) is 0.904. The lowest BCUT2D eigenvalue weighted by Gasteiger charge is -2.26. The van der Waals surface area contributed by atoms with E-state index in [-0.39, 0.29) is 5.56 Å². The van der Waals surface area contributed by atoms with Crippen molar-refractivity contribution in [1.29, 1.82) is 0 Å². The van der Waals surface area contributed by atoms with Gasteiger partial charge in [0.1, 0.15) is 5.69 Å². The number of morpholine rings is 1. The van der Waals surface area contributed by atoms with Crippen molar-refractivity contribution < 1.29 is 22.7 Å². The summed E-state index contributed by atoms with van der Waals surface area (Å²) in [7, 11) is 0. The number of halogens is 3. The third-order valence-corrected chi connectivity index (χ3v) is 4.04. The number of benzene rings is 1. The molecular formula is C18H18F3N3O2. The predicted octanol–water partition coefficient (Wildman–Crippen LogP) is 3.18. The molecule has 0 aliphatic carbocycles. The second-order valence-electron chi connectivity index (χ2n) is 5.97. The maximum Gasteiger partial charge on any atom is 0.433 e. The normalized spacial score (nSPS) is 15.7. The van der Waals surface area contributed by atoms with Crippen LogP contribution in [0.3, 0.4) is 0 Å². The van der Waals surface area contributed by atoms with Crippen molar-refractivity contribution in [3.8, 4) is 0 Å². The Bertz CT molecular complexity index is 740. The average molecular weight is 365 g/mol. The number of nitrogens with zero attached hydrogens (tertiary/aromatic N) is 2. The van der Waals surface area contributed by atoms with Gasteiger partial charge >= 0.3 is 6.18 Å². The van der Waals surface area contributed by atoms with E-state index in [0.29, 0.717) is 5.69 Å². The highest BCUT2D eigenvalue weighted by Crippen LogP contribution is 2.27. The van der Waals surface area contributed by atoms with Gasteiger partial charge in [-0.1, -0.05) is 12.1 Å². The molecule has 138 valence electrons. The zero-order valence-electron chi connectivity index (χ0n) is 13.9. The smallest absolute Gasteiger partial charge is 0.379 e. The van der Waals surface area contributed by atoms with E-state index in [4.69, 9.17) is 4.74 Å². The minimum atomic E-state index is -4.52. The molecule has 2 heterocycles. The fraction of sp³-hybridized carbons (Fsp3) is 0.333. The molecule has 8 heteroatoms. The summed E-state index contributed by atoms with van der Waals surface area (Å²) < 4.78 is 42.8. The topological polar surface area (TPSA) is 54.5 Å². The van der Waals surface area contributed by atoms with Crippen LogP contribution in [0, 0.1) is 0 Å². The number of hydrogen-bond donors (Lipinski definition) is 1. The van der Waals surface area contributed by atoms with Gasteiger partial charge in [-0.25, -0.2) is 0 Å². The van der Waals surface area contributed by atoms with E-state index in [2.05, 4.69) is 15.2 Å². The number of hydrogen-bond acceptors (Lipinski definition) is 4. The van der Waals surface area contributed by atoms with Gasteiger partial charge in [-0.2, -0.15) is 13.2 Å². The Morgan fingerprint density at radius 3 is 2.38 bits per heavy atom. The Morgan fingerprint density at radius 1 is 1.12 bits per heavy atom. The number of carbonyl (C=O) groups excluding carboxylic acids is 1. The number of aromatic nitrogens is 1. The summed E-state index contributed by atoms with van der Waals surface area (Å²) in [6.45, 7) is 4.05. The van der Waals surface area contributed by atoms with Gasteiger partial charge in [-0.15, -0.1) is 0 Å². The third kappa shape index (κ3) is 4.80. The molecule has 2 aromatic rings. The molecule has 3 rings (SSSR count). The molecule has 1 fully saturated rings. The summed E-state index contributed by atoms with van der Waals surface area (Å²) in [6.07, 6.45) is -3.60. The Balaban J connectivity index is 1.58. The molecule has 0 atom stereocenters. The zero-order chi connectivity index (χ0) is 18.6. The van der Waals surface area contributed by atoms with Crippen LogP contribution in [-0.4, -0.2) is 42.1 Å². The molecule has 1 aromatic heterocycles. The maximum atomic E-state index is 12.5. The van der Waals surface area contributed by atoms with E-state index in [0.717, 1.165) is 56.7 Å². The largest absolute Gasteiger partial charge is 0.433 e. The zero-order valence-corrected chi connectivity index (χ0v) is 13.9. The lowest BCUT2D eigenvalue weighted by molar-refractivity contribution is -0.141. The van der Waals surface area contributed by atoms with E-state index in [1.54, 1.807) is 12.1 Å². The molecule has 1 aromatic carbocycles. The van der Waals surface area contributed by atoms with Crippen LogP contribution in [0.5, 0.6) is 0 Å². The van der Waals surface area contributed by atoms with Crippen molar-refractivity contribution >= 4 is 11.6 Å². The van der Waals surface area contributed by atoms with Gasteiger partial charge in [-0.3, -0.25) is 14.7 Å². The highest BCUT2D eigenvalue weighted by atomic mass is 19.4. The SMILES string of the molecule is O=C(Nc1ccc(CN2CCOCC2)cc1)c1ccc(C(F)(F)F)nc1. The molecule has 1 amide bonds. The van der Waals surface area contributed by atoms with Crippen molar-refractivity contribution in [1.82, 2.24) is 9.88 Å². The first-order valence-corrected chi connectivity index (χ1v) is 8.15. The number of anilines is 1. The molecule has 0 spiro atoms. The summed E-state index contributed by atoms with van der Waals surface area (Å²) in [4.78, 5) is 17.7. The fourth-order valence-corrected chi connectivity index (χ4v) is 2.61. The summed E-state index contributed by atoms with van der Waals surface area (Å²) in [6, 6.07) is 9.26. The first-order valence-electron chi connectivity index (χ1n) is 8.15. The highest BCUT2D eigenvalue weighted by molar-refractivity contribution is 6.04. The molecule has 1 aliphatic rings. The Kier molecular flexibility index (Phi) is 5.53. The average Bonchev–Trinajstić information content (AvgIpc) is 2.63. The van der Waals surface area contributed by atoms with Crippen LogP contribution < -0.4 is 5.32 Å².